The fraction of sp³-hybridized carbons (Fsp3) is 0.333. The van der Waals surface area contributed by atoms with Gasteiger partial charge in [-0.1, -0.05) is 30.5 Å². The first-order chi connectivity index (χ1) is 12.9. The Hall–Kier alpha value is -2.16. The van der Waals surface area contributed by atoms with Crippen LogP contribution in [-0.4, -0.2) is 31.1 Å². The summed E-state index contributed by atoms with van der Waals surface area (Å²) in [5.74, 6) is -0.0671. The van der Waals surface area contributed by atoms with Crippen LogP contribution < -0.4 is 9.79 Å². The Bertz CT molecular complexity index is 829. The predicted octanol–water partition coefficient (Wildman–Crippen LogP) is 3.39. The first-order valence-electron chi connectivity index (χ1n) is 8.57. The number of hydrogen-bond donors (Lipinski definition) is 2. The van der Waals surface area contributed by atoms with Gasteiger partial charge in [-0.05, 0) is 49.2 Å². The van der Waals surface area contributed by atoms with Crippen LogP contribution in [-0.2, 0) is 14.8 Å². The lowest BCUT2D eigenvalue weighted by Crippen LogP contribution is -2.32. The van der Waals surface area contributed by atoms with E-state index in [2.05, 4.69) is 4.98 Å². The largest absolute Gasteiger partial charge is 0.289 e. The van der Waals surface area contributed by atoms with Crippen molar-refractivity contribution in [2.24, 2.45) is 0 Å². The van der Waals surface area contributed by atoms with Gasteiger partial charge in [-0.15, -0.1) is 0 Å². The van der Waals surface area contributed by atoms with Gasteiger partial charge in [-0.3, -0.25) is 10.0 Å². The molecule has 2 N–H and O–H groups in total. The smallest absolute Gasteiger partial charge is 0.265 e. The molecule has 9 heteroatoms. The molecule has 2 rings (SSSR count). The first-order valence-corrected chi connectivity index (χ1v) is 10.4. The van der Waals surface area contributed by atoms with Gasteiger partial charge >= 0.3 is 0 Å². The van der Waals surface area contributed by atoms with Gasteiger partial charge in [-0.25, -0.2) is 23.2 Å². The summed E-state index contributed by atoms with van der Waals surface area (Å²) in [6, 6.07) is 11.1. The highest BCUT2D eigenvalue weighted by Gasteiger charge is 2.25. The standard InChI is InChI=1S/C18H22ClN3O4S/c19-15-9-11-16(12-10-15)27(25,26)22(17-7-4-5-13-20-17)14-6-2-1-3-8-18(23)21-24/h4-5,7,9-13,24H,1-3,6,8,14H2,(H,21,23). The summed E-state index contributed by atoms with van der Waals surface area (Å²) in [6.45, 7) is 0.272. The number of pyridine rings is 1. The number of halogens is 1. The topological polar surface area (TPSA) is 99.6 Å². The van der Waals surface area contributed by atoms with E-state index < -0.39 is 15.9 Å². The molecule has 1 aromatic heterocycles. The minimum absolute atomic E-state index is 0.150. The van der Waals surface area contributed by atoms with Crippen molar-refractivity contribution in [1.82, 2.24) is 10.5 Å². The molecular weight excluding hydrogens is 390 g/mol. The second-order valence-corrected chi connectivity index (χ2v) is 8.22. The Labute approximate surface area is 164 Å². The average Bonchev–Trinajstić information content (AvgIpc) is 2.68. The van der Waals surface area contributed by atoms with Crippen LogP contribution in [0.3, 0.4) is 0 Å². The third-order valence-electron chi connectivity index (χ3n) is 3.95. The van der Waals surface area contributed by atoms with Crippen LogP contribution in [0.2, 0.25) is 5.02 Å². The van der Waals surface area contributed by atoms with Gasteiger partial charge in [0.25, 0.3) is 10.0 Å². The van der Waals surface area contributed by atoms with E-state index in [-0.39, 0.29) is 17.9 Å². The Morgan fingerprint density at radius 3 is 2.41 bits per heavy atom. The fourth-order valence-corrected chi connectivity index (χ4v) is 4.13. The Balaban J connectivity index is 2.06. The van der Waals surface area contributed by atoms with Gasteiger partial charge in [-0.2, -0.15) is 0 Å². The molecule has 1 amide bonds. The lowest BCUT2D eigenvalue weighted by Gasteiger charge is -2.23. The Morgan fingerprint density at radius 1 is 1.07 bits per heavy atom. The van der Waals surface area contributed by atoms with Crippen molar-refractivity contribution in [2.45, 2.75) is 37.0 Å². The summed E-state index contributed by atoms with van der Waals surface area (Å²) in [7, 11) is -3.77. The quantitative estimate of drug-likeness (QED) is 0.354. The molecule has 0 bridgehead atoms. The molecule has 0 fully saturated rings. The van der Waals surface area contributed by atoms with Gasteiger partial charge in [0.1, 0.15) is 5.82 Å². The van der Waals surface area contributed by atoms with E-state index in [1.165, 1.54) is 28.6 Å². The van der Waals surface area contributed by atoms with Gasteiger partial charge < -0.3 is 0 Å². The van der Waals surface area contributed by atoms with Crippen LogP contribution in [0.4, 0.5) is 5.82 Å². The molecule has 0 aliphatic carbocycles. The molecular formula is C18H22ClN3O4S. The maximum Gasteiger partial charge on any atom is 0.265 e. The summed E-state index contributed by atoms with van der Waals surface area (Å²) in [4.78, 5) is 15.3. The fourth-order valence-electron chi connectivity index (χ4n) is 2.54. The molecule has 0 radical (unpaired) electrons. The highest BCUT2D eigenvalue weighted by Crippen LogP contribution is 2.23. The second-order valence-electron chi connectivity index (χ2n) is 5.92. The highest BCUT2D eigenvalue weighted by atomic mass is 35.5. The van der Waals surface area contributed by atoms with E-state index in [0.717, 1.165) is 12.8 Å². The molecule has 1 aromatic carbocycles. The van der Waals surface area contributed by atoms with E-state index in [1.54, 1.807) is 29.9 Å². The number of aromatic nitrogens is 1. The number of benzene rings is 1. The molecule has 0 atom stereocenters. The molecule has 0 aliphatic heterocycles. The molecule has 0 saturated heterocycles. The lowest BCUT2D eigenvalue weighted by atomic mass is 10.1. The lowest BCUT2D eigenvalue weighted by molar-refractivity contribution is -0.129. The highest BCUT2D eigenvalue weighted by molar-refractivity contribution is 7.92. The van der Waals surface area contributed by atoms with E-state index in [1.807, 2.05) is 0 Å². The van der Waals surface area contributed by atoms with E-state index >= 15 is 0 Å². The van der Waals surface area contributed by atoms with Gasteiger partial charge in [0.2, 0.25) is 5.91 Å². The molecule has 0 aliphatic rings. The van der Waals surface area contributed by atoms with Gasteiger partial charge in [0.15, 0.2) is 0 Å². The van der Waals surface area contributed by atoms with Crippen molar-refractivity contribution in [3.8, 4) is 0 Å². The second kappa shape index (κ2) is 10.2. The number of carbonyl (C=O) groups excluding carboxylic acids is 1. The number of hydroxylamine groups is 1. The number of nitrogens with zero attached hydrogens (tertiary/aromatic N) is 2. The molecule has 27 heavy (non-hydrogen) atoms. The predicted molar refractivity (Wildman–Crippen MR) is 103 cm³/mol. The monoisotopic (exact) mass is 411 g/mol. The SMILES string of the molecule is O=C(CCCCCCN(c1ccccn1)S(=O)(=O)c1ccc(Cl)cc1)NO. The third-order valence-corrected chi connectivity index (χ3v) is 6.02. The van der Waals surface area contributed by atoms with Gasteiger partial charge in [0, 0.05) is 24.2 Å². The summed E-state index contributed by atoms with van der Waals surface area (Å²) in [6.07, 6.45) is 4.53. The summed E-state index contributed by atoms with van der Waals surface area (Å²) in [5.41, 5.74) is 1.59. The molecule has 7 nitrogen and oxygen atoms in total. The van der Waals surface area contributed by atoms with Crippen LogP contribution in [0.25, 0.3) is 0 Å². The number of anilines is 1. The van der Waals surface area contributed by atoms with Crippen LogP contribution >= 0.6 is 11.6 Å². The van der Waals surface area contributed by atoms with Crippen LogP contribution in [0.5, 0.6) is 0 Å². The van der Waals surface area contributed by atoms with Crippen LogP contribution in [0.1, 0.15) is 32.1 Å². The van der Waals surface area contributed by atoms with E-state index in [4.69, 9.17) is 16.8 Å². The molecule has 2 aromatic rings. The van der Waals surface area contributed by atoms with E-state index in [0.29, 0.717) is 23.7 Å². The van der Waals surface area contributed by atoms with Crippen LogP contribution in [0, 0.1) is 0 Å². The van der Waals surface area contributed by atoms with Crippen molar-refractivity contribution < 1.29 is 18.4 Å². The molecule has 0 spiro atoms. The Kier molecular flexibility index (Phi) is 8.02. The number of carbonyl (C=O) groups is 1. The van der Waals surface area contributed by atoms with Crippen molar-refractivity contribution >= 4 is 33.3 Å². The Morgan fingerprint density at radius 2 is 1.78 bits per heavy atom. The number of rotatable bonds is 10. The van der Waals surface area contributed by atoms with Crippen molar-refractivity contribution in [3.63, 3.8) is 0 Å². The molecule has 0 unspecified atom stereocenters. The van der Waals surface area contributed by atoms with Crippen molar-refractivity contribution in [3.05, 3.63) is 53.7 Å². The maximum absolute atomic E-state index is 13.1. The third kappa shape index (κ3) is 6.20. The van der Waals surface area contributed by atoms with E-state index in [9.17, 15) is 13.2 Å². The zero-order chi connectivity index (χ0) is 19.7. The summed E-state index contributed by atoms with van der Waals surface area (Å²) in [5, 5.41) is 8.93. The number of sulfonamides is 1. The van der Waals surface area contributed by atoms with Crippen LogP contribution in [0.15, 0.2) is 53.6 Å². The minimum Gasteiger partial charge on any atom is -0.289 e. The molecule has 0 saturated carbocycles. The van der Waals surface area contributed by atoms with Crippen molar-refractivity contribution in [1.29, 1.82) is 0 Å². The summed E-state index contributed by atoms with van der Waals surface area (Å²) < 4.78 is 27.4. The average molecular weight is 412 g/mol. The number of amides is 1. The zero-order valence-electron chi connectivity index (χ0n) is 14.7. The van der Waals surface area contributed by atoms with Crippen molar-refractivity contribution in [2.75, 3.05) is 10.8 Å². The zero-order valence-corrected chi connectivity index (χ0v) is 16.3. The molecule has 146 valence electrons. The minimum atomic E-state index is -3.77. The summed E-state index contributed by atoms with van der Waals surface area (Å²) >= 11 is 5.86. The maximum atomic E-state index is 13.1. The number of hydrogen-bond acceptors (Lipinski definition) is 5. The van der Waals surface area contributed by atoms with Gasteiger partial charge in [0.05, 0.1) is 4.90 Å². The first kappa shape index (κ1) is 21.1. The normalized spacial score (nSPS) is 11.2. The number of nitrogens with one attached hydrogen (secondary N) is 1. The molecule has 1 heterocycles. The number of unbranched alkanes of at least 4 members (excludes halogenated alkanes) is 3.